The molecule has 1 rings (SSSR count). The molecule has 2 atom stereocenters. The number of ether oxygens (including phenoxy) is 1. The Morgan fingerprint density at radius 1 is 1.42 bits per heavy atom. The van der Waals surface area contributed by atoms with Gasteiger partial charge in [0.25, 0.3) is 0 Å². The van der Waals surface area contributed by atoms with E-state index < -0.39 is 16.9 Å². The van der Waals surface area contributed by atoms with Crippen molar-refractivity contribution in [3.05, 3.63) is 29.3 Å². The summed E-state index contributed by atoms with van der Waals surface area (Å²) < 4.78 is 5.24. The van der Waals surface area contributed by atoms with Crippen molar-refractivity contribution in [2.24, 2.45) is 0 Å². The summed E-state index contributed by atoms with van der Waals surface area (Å²) in [4.78, 5) is 22.4. The van der Waals surface area contributed by atoms with Crippen molar-refractivity contribution in [3.63, 3.8) is 0 Å². The molecule has 0 saturated carbocycles. The molecule has 19 heavy (non-hydrogen) atoms. The van der Waals surface area contributed by atoms with Crippen LogP contribution in [0.5, 0.6) is 5.75 Å². The van der Waals surface area contributed by atoms with Gasteiger partial charge in [-0.1, -0.05) is 15.9 Å². The summed E-state index contributed by atoms with van der Waals surface area (Å²) in [7, 11) is 0. The van der Waals surface area contributed by atoms with Crippen molar-refractivity contribution in [2.45, 2.75) is 24.8 Å². The number of Topliss-reactive ketones (excluding diaryl/α,β-unsaturated/α-hetero) is 1. The largest absolute Gasteiger partial charge is 0.494 e. The number of aliphatic hydroxyl groups excluding tert-OH is 1. The first-order valence-electron chi connectivity index (χ1n) is 5.74. The van der Waals surface area contributed by atoms with Gasteiger partial charge in [-0.25, -0.2) is 4.79 Å². The van der Waals surface area contributed by atoms with Crippen molar-refractivity contribution in [1.82, 2.24) is 0 Å². The lowest BCUT2D eigenvalue weighted by molar-refractivity contribution is -0.146. The molecule has 1 aromatic carbocycles. The zero-order valence-electron chi connectivity index (χ0n) is 10.6. The van der Waals surface area contributed by atoms with Gasteiger partial charge < -0.3 is 14.9 Å². The Morgan fingerprint density at radius 3 is 2.53 bits per heavy atom. The molecule has 5 nitrogen and oxygen atoms in total. The number of ketones is 1. The third-order valence-electron chi connectivity index (χ3n) is 2.49. The molecule has 0 aromatic heterocycles. The summed E-state index contributed by atoms with van der Waals surface area (Å²) in [6, 6.07) is 4.42. The minimum atomic E-state index is -1.76. The van der Waals surface area contributed by atoms with Crippen molar-refractivity contribution in [3.8, 4) is 5.75 Å². The van der Waals surface area contributed by atoms with Gasteiger partial charge in [0.1, 0.15) is 5.75 Å². The number of carbonyl (C=O) groups excluding carboxylic acids is 1. The Labute approximate surface area is 119 Å². The molecule has 2 N–H and O–H groups in total. The number of hydrogen-bond acceptors (Lipinski definition) is 4. The number of rotatable bonds is 6. The number of aliphatic hydroxyl groups is 1. The topological polar surface area (TPSA) is 83.8 Å². The Kier molecular flexibility index (Phi) is 5.50. The van der Waals surface area contributed by atoms with Crippen molar-refractivity contribution in [1.29, 1.82) is 0 Å². The number of carbonyl (C=O) groups is 2. The standard InChI is InChI=1S/C13H15BrO5/c1-3-19-8-4-5-9(11(15)7(2)14)10(6-8)12(16)13(17)18/h4-7,12,16H,3H2,1-2H3,(H,17,18). The molecule has 0 radical (unpaired) electrons. The number of benzene rings is 1. The fourth-order valence-corrected chi connectivity index (χ4v) is 1.84. The summed E-state index contributed by atoms with van der Waals surface area (Å²) in [5.41, 5.74) is 0.206. The fourth-order valence-electron chi connectivity index (χ4n) is 1.60. The van der Waals surface area contributed by atoms with Crippen molar-refractivity contribution < 1.29 is 24.5 Å². The van der Waals surface area contributed by atoms with Gasteiger partial charge in [-0.2, -0.15) is 0 Å². The highest BCUT2D eigenvalue weighted by Gasteiger charge is 2.25. The van der Waals surface area contributed by atoms with Crippen LogP contribution in [-0.2, 0) is 4.79 Å². The van der Waals surface area contributed by atoms with Gasteiger partial charge in [-0.3, -0.25) is 4.79 Å². The van der Waals surface area contributed by atoms with Crippen LogP contribution in [0, 0.1) is 0 Å². The number of carboxylic acid groups (broad SMARTS) is 1. The van der Waals surface area contributed by atoms with E-state index in [-0.39, 0.29) is 16.9 Å². The van der Waals surface area contributed by atoms with E-state index in [9.17, 15) is 14.7 Å². The first kappa shape index (κ1) is 15.7. The lowest BCUT2D eigenvalue weighted by atomic mass is 9.97. The Morgan fingerprint density at radius 2 is 2.05 bits per heavy atom. The highest BCUT2D eigenvalue weighted by atomic mass is 79.9. The second-order valence-electron chi connectivity index (χ2n) is 3.90. The van der Waals surface area contributed by atoms with Crippen LogP contribution in [0.15, 0.2) is 18.2 Å². The maximum absolute atomic E-state index is 12.0. The molecule has 0 heterocycles. The molecule has 0 bridgehead atoms. The van der Waals surface area contributed by atoms with E-state index >= 15 is 0 Å². The first-order chi connectivity index (χ1) is 8.88. The van der Waals surface area contributed by atoms with Crippen LogP contribution in [0.2, 0.25) is 0 Å². The highest BCUT2D eigenvalue weighted by molar-refractivity contribution is 9.10. The molecular weight excluding hydrogens is 316 g/mol. The van der Waals surface area contributed by atoms with Crippen molar-refractivity contribution in [2.75, 3.05) is 6.61 Å². The molecule has 0 aliphatic heterocycles. The third-order valence-corrected chi connectivity index (χ3v) is 2.91. The molecular formula is C13H15BrO5. The molecule has 6 heteroatoms. The van der Waals surface area contributed by atoms with E-state index in [0.29, 0.717) is 12.4 Å². The zero-order valence-corrected chi connectivity index (χ0v) is 12.2. The summed E-state index contributed by atoms with van der Waals surface area (Å²) >= 11 is 3.14. The summed E-state index contributed by atoms with van der Waals surface area (Å²) in [5.74, 6) is -1.29. The van der Waals surface area contributed by atoms with Crippen LogP contribution in [-0.4, -0.2) is 33.4 Å². The SMILES string of the molecule is CCOc1ccc(C(=O)C(C)Br)c(C(O)C(=O)O)c1. The molecule has 0 aliphatic rings. The minimum absolute atomic E-state index is 0.0368. The van der Waals surface area contributed by atoms with Crippen LogP contribution in [0.4, 0.5) is 0 Å². The number of carboxylic acids is 1. The first-order valence-corrected chi connectivity index (χ1v) is 6.66. The van der Waals surface area contributed by atoms with Crippen LogP contribution in [0.3, 0.4) is 0 Å². The maximum atomic E-state index is 12.0. The quantitative estimate of drug-likeness (QED) is 0.616. The van der Waals surface area contributed by atoms with Crippen LogP contribution in [0.1, 0.15) is 35.9 Å². The predicted molar refractivity (Wildman–Crippen MR) is 72.9 cm³/mol. The van der Waals surface area contributed by atoms with Gasteiger partial charge in [0.2, 0.25) is 0 Å². The molecule has 104 valence electrons. The Bertz CT molecular complexity index is 484. The van der Waals surface area contributed by atoms with Gasteiger partial charge in [-0.05, 0) is 32.0 Å². The summed E-state index contributed by atoms with van der Waals surface area (Å²) in [6.45, 7) is 3.83. The van der Waals surface area contributed by atoms with Crippen molar-refractivity contribution >= 4 is 27.7 Å². The number of hydrogen-bond donors (Lipinski definition) is 2. The number of halogens is 1. The Hall–Kier alpha value is -1.40. The number of alkyl halides is 1. The molecule has 0 fully saturated rings. The molecule has 2 unspecified atom stereocenters. The fraction of sp³-hybridized carbons (Fsp3) is 0.385. The maximum Gasteiger partial charge on any atom is 0.337 e. The van der Waals surface area contributed by atoms with Crippen LogP contribution in [0.25, 0.3) is 0 Å². The van der Waals surface area contributed by atoms with E-state index in [1.807, 2.05) is 0 Å². The van der Waals surface area contributed by atoms with E-state index in [0.717, 1.165) is 0 Å². The Balaban J connectivity index is 3.30. The second-order valence-corrected chi connectivity index (χ2v) is 5.28. The smallest absolute Gasteiger partial charge is 0.337 e. The number of aliphatic carboxylic acids is 1. The average Bonchev–Trinajstić information content (AvgIpc) is 2.37. The lowest BCUT2D eigenvalue weighted by Gasteiger charge is -2.14. The monoisotopic (exact) mass is 330 g/mol. The third kappa shape index (κ3) is 3.78. The predicted octanol–water partition coefficient (Wildman–Crippen LogP) is 2.17. The second kappa shape index (κ2) is 6.68. The van der Waals surface area contributed by atoms with Gasteiger partial charge >= 0.3 is 5.97 Å². The molecule has 1 aromatic rings. The van der Waals surface area contributed by atoms with E-state index in [2.05, 4.69) is 15.9 Å². The van der Waals surface area contributed by atoms with E-state index in [4.69, 9.17) is 9.84 Å². The van der Waals surface area contributed by atoms with E-state index in [1.54, 1.807) is 19.9 Å². The van der Waals surface area contributed by atoms with E-state index in [1.165, 1.54) is 12.1 Å². The zero-order chi connectivity index (χ0) is 14.6. The summed E-state index contributed by atoms with van der Waals surface area (Å²) in [6.07, 6.45) is -1.76. The normalized spacial score (nSPS) is 13.7. The minimum Gasteiger partial charge on any atom is -0.494 e. The molecule has 0 amide bonds. The van der Waals surface area contributed by atoms with Gasteiger partial charge in [0.15, 0.2) is 11.9 Å². The molecule has 0 spiro atoms. The molecule has 0 aliphatic carbocycles. The molecule has 0 saturated heterocycles. The average molecular weight is 331 g/mol. The van der Waals surface area contributed by atoms with Gasteiger partial charge in [-0.15, -0.1) is 0 Å². The lowest BCUT2D eigenvalue weighted by Crippen LogP contribution is -2.18. The van der Waals surface area contributed by atoms with Crippen LogP contribution < -0.4 is 4.74 Å². The van der Waals surface area contributed by atoms with Crippen LogP contribution >= 0.6 is 15.9 Å². The summed E-state index contributed by atoms with van der Waals surface area (Å²) in [5, 5.41) is 18.6. The van der Waals surface area contributed by atoms with Gasteiger partial charge in [0, 0.05) is 11.1 Å². The highest BCUT2D eigenvalue weighted by Crippen LogP contribution is 2.26. The van der Waals surface area contributed by atoms with Gasteiger partial charge in [0.05, 0.1) is 11.4 Å².